The van der Waals surface area contributed by atoms with Crippen molar-refractivity contribution >= 4 is 16.7 Å². The Labute approximate surface area is 149 Å². The van der Waals surface area contributed by atoms with E-state index in [1.807, 2.05) is 42.2 Å². The average molecular weight is 357 g/mol. The van der Waals surface area contributed by atoms with E-state index in [-0.39, 0.29) is 6.79 Å². The van der Waals surface area contributed by atoms with Crippen LogP contribution in [-0.4, -0.2) is 23.3 Å². The topological polar surface area (TPSA) is 47.5 Å². The highest BCUT2D eigenvalue weighted by Gasteiger charge is 2.19. The quantitative estimate of drug-likeness (QED) is 0.680. The van der Waals surface area contributed by atoms with E-state index in [9.17, 15) is 8.78 Å². The molecule has 0 aliphatic carbocycles. The number of hydrogen-bond acceptors (Lipinski definition) is 5. The lowest BCUT2D eigenvalue weighted by Gasteiger charge is -2.24. The number of halogens is 2. The van der Waals surface area contributed by atoms with Crippen molar-refractivity contribution in [1.82, 2.24) is 9.97 Å². The summed E-state index contributed by atoms with van der Waals surface area (Å²) in [5.74, 6) is 1.46. The summed E-state index contributed by atoms with van der Waals surface area (Å²) in [4.78, 5) is 10.1. The summed E-state index contributed by atoms with van der Waals surface area (Å²) < 4.78 is 37.2. The van der Waals surface area contributed by atoms with Crippen LogP contribution >= 0.6 is 0 Å². The molecule has 0 N–H and O–H groups in total. The molecule has 0 bridgehead atoms. The van der Waals surface area contributed by atoms with Gasteiger partial charge in [0.25, 0.3) is 6.43 Å². The summed E-state index contributed by atoms with van der Waals surface area (Å²) in [6.07, 6.45) is -2.72. The van der Waals surface area contributed by atoms with E-state index in [0.717, 1.165) is 10.9 Å². The third-order valence-electron chi connectivity index (χ3n) is 4.29. The van der Waals surface area contributed by atoms with Gasteiger partial charge in [-0.15, -0.1) is 0 Å². The molecule has 1 aromatic heterocycles. The first-order valence-corrected chi connectivity index (χ1v) is 8.34. The molecule has 26 heavy (non-hydrogen) atoms. The predicted molar refractivity (Wildman–Crippen MR) is 93.8 cm³/mol. The van der Waals surface area contributed by atoms with Crippen LogP contribution in [0.1, 0.15) is 24.7 Å². The standard InChI is InChI=1S/C19H17F2N3O2/c1-2-24(10-12-7-8-15-16(9-12)26-11-25-15)19-13-5-3-4-6-14(13)22-18(23-19)17(20)21/h3-9,17H,2,10-11H2,1H3. The van der Waals surface area contributed by atoms with Crippen LogP contribution in [0, 0.1) is 0 Å². The summed E-state index contributed by atoms with van der Waals surface area (Å²) in [5, 5.41) is 0.750. The fourth-order valence-corrected chi connectivity index (χ4v) is 3.01. The van der Waals surface area contributed by atoms with Crippen LogP contribution in [0.3, 0.4) is 0 Å². The lowest BCUT2D eigenvalue weighted by atomic mass is 10.1. The third kappa shape index (κ3) is 3.00. The number of ether oxygens (including phenoxy) is 2. The number of anilines is 1. The van der Waals surface area contributed by atoms with Crippen LogP contribution in [0.15, 0.2) is 42.5 Å². The number of para-hydroxylation sites is 1. The molecule has 1 aliphatic rings. The Kier molecular flexibility index (Phi) is 4.28. The number of alkyl halides is 2. The molecule has 4 rings (SSSR count). The number of fused-ring (bicyclic) bond motifs is 2. The van der Waals surface area contributed by atoms with E-state index in [0.29, 0.717) is 35.9 Å². The van der Waals surface area contributed by atoms with Gasteiger partial charge in [0, 0.05) is 18.5 Å². The molecule has 2 aromatic carbocycles. The summed E-state index contributed by atoms with van der Waals surface area (Å²) in [6, 6.07) is 12.9. The van der Waals surface area contributed by atoms with Crippen molar-refractivity contribution in [3.05, 3.63) is 53.9 Å². The van der Waals surface area contributed by atoms with Crippen LogP contribution in [0.5, 0.6) is 11.5 Å². The lowest BCUT2D eigenvalue weighted by Crippen LogP contribution is -2.24. The van der Waals surface area contributed by atoms with Gasteiger partial charge in [-0.2, -0.15) is 0 Å². The molecular formula is C19H17F2N3O2. The highest BCUT2D eigenvalue weighted by Crippen LogP contribution is 2.34. The second kappa shape index (κ2) is 6.74. The highest BCUT2D eigenvalue weighted by atomic mass is 19.3. The van der Waals surface area contributed by atoms with Crippen LogP contribution < -0.4 is 14.4 Å². The predicted octanol–water partition coefficient (Wildman–Crippen LogP) is 4.32. The Morgan fingerprint density at radius 2 is 1.88 bits per heavy atom. The van der Waals surface area contributed by atoms with E-state index in [2.05, 4.69) is 9.97 Å². The van der Waals surface area contributed by atoms with Crippen molar-refractivity contribution in [2.24, 2.45) is 0 Å². The fourth-order valence-electron chi connectivity index (χ4n) is 3.01. The third-order valence-corrected chi connectivity index (χ3v) is 4.29. The Balaban J connectivity index is 1.74. The van der Waals surface area contributed by atoms with Gasteiger partial charge in [-0.1, -0.05) is 18.2 Å². The molecule has 134 valence electrons. The van der Waals surface area contributed by atoms with Crippen molar-refractivity contribution in [2.75, 3.05) is 18.2 Å². The minimum atomic E-state index is -2.72. The van der Waals surface area contributed by atoms with Crippen LogP contribution in [0.4, 0.5) is 14.6 Å². The first-order chi connectivity index (χ1) is 12.7. The minimum absolute atomic E-state index is 0.213. The zero-order valence-corrected chi connectivity index (χ0v) is 14.2. The fraction of sp³-hybridized carbons (Fsp3) is 0.263. The van der Waals surface area contributed by atoms with Gasteiger partial charge in [0.2, 0.25) is 6.79 Å². The van der Waals surface area contributed by atoms with Crippen molar-refractivity contribution in [2.45, 2.75) is 19.9 Å². The first kappa shape index (κ1) is 16.5. The van der Waals surface area contributed by atoms with Crippen molar-refractivity contribution in [3.63, 3.8) is 0 Å². The molecule has 0 atom stereocenters. The van der Waals surface area contributed by atoms with Gasteiger partial charge in [0.1, 0.15) is 5.82 Å². The van der Waals surface area contributed by atoms with Crippen molar-refractivity contribution in [1.29, 1.82) is 0 Å². The molecule has 2 heterocycles. The largest absolute Gasteiger partial charge is 0.454 e. The highest BCUT2D eigenvalue weighted by molar-refractivity contribution is 5.89. The Hall–Kier alpha value is -2.96. The zero-order chi connectivity index (χ0) is 18.1. The molecule has 1 aliphatic heterocycles. The number of rotatable bonds is 5. The lowest BCUT2D eigenvalue weighted by molar-refractivity contribution is 0.141. The maximum Gasteiger partial charge on any atom is 0.297 e. The number of benzene rings is 2. The molecule has 0 radical (unpaired) electrons. The summed E-state index contributed by atoms with van der Waals surface area (Å²) in [7, 11) is 0. The smallest absolute Gasteiger partial charge is 0.297 e. The first-order valence-electron chi connectivity index (χ1n) is 8.34. The monoisotopic (exact) mass is 357 g/mol. The molecule has 7 heteroatoms. The molecule has 0 amide bonds. The van der Waals surface area contributed by atoms with Gasteiger partial charge in [-0.05, 0) is 36.8 Å². The van der Waals surface area contributed by atoms with Gasteiger partial charge in [-0.3, -0.25) is 0 Å². The Bertz CT molecular complexity index is 949. The van der Waals surface area contributed by atoms with Crippen LogP contribution in [0.2, 0.25) is 0 Å². The van der Waals surface area contributed by atoms with Gasteiger partial charge in [-0.25, -0.2) is 18.7 Å². The summed E-state index contributed by atoms with van der Waals surface area (Å²) in [5.41, 5.74) is 1.49. The van der Waals surface area contributed by atoms with Crippen LogP contribution in [-0.2, 0) is 6.54 Å². The molecule has 5 nitrogen and oxygen atoms in total. The van der Waals surface area contributed by atoms with E-state index < -0.39 is 12.2 Å². The zero-order valence-electron chi connectivity index (χ0n) is 14.2. The number of hydrogen-bond donors (Lipinski definition) is 0. The Morgan fingerprint density at radius 1 is 1.08 bits per heavy atom. The molecule has 0 saturated heterocycles. The average Bonchev–Trinajstić information content (AvgIpc) is 3.13. The van der Waals surface area contributed by atoms with E-state index in [1.54, 1.807) is 12.1 Å². The molecule has 0 saturated carbocycles. The summed E-state index contributed by atoms with van der Waals surface area (Å²) >= 11 is 0. The van der Waals surface area contributed by atoms with Gasteiger partial charge in [0.05, 0.1) is 5.52 Å². The molecule has 0 unspecified atom stereocenters. The molecular weight excluding hydrogens is 340 g/mol. The number of nitrogens with zero attached hydrogens (tertiary/aromatic N) is 3. The number of aromatic nitrogens is 2. The maximum absolute atomic E-state index is 13.2. The normalized spacial score (nSPS) is 12.8. The molecule has 0 spiro atoms. The van der Waals surface area contributed by atoms with E-state index in [4.69, 9.17) is 9.47 Å². The minimum Gasteiger partial charge on any atom is -0.454 e. The van der Waals surface area contributed by atoms with Crippen molar-refractivity contribution in [3.8, 4) is 11.5 Å². The van der Waals surface area contributed by atoms with Gasteiger partial charge in [0.15, 0.2) is 17.3 Å². The molecule has 3 aromatic rings. The van der Waals surface area contributed by atoms with E-state index >= 15 is 0 Å². The summed E-state index contributed by atoms with van der Waals surface area (Å²) in [6.45, 7) is 3.30. The van der Waals surface area contributed by atoms with Gasteiger partial charge >= 0.3 is 0 Å². The van der Waals surface area contributed by atoms with Crippen molar-refractivity contribution < 1.29 is 18.3 Å². The van der Waals surface area contributed by atoms with E-state index in [1.165, 1.54) is 0 Å². The van der Waals surface area contributed by atoms with Crippen LogP contribution in [0.25, 0.3) is 10.9 Å². The second-order valence-corrected chi connectivity index (χ2v) is 5.93. The SMILES string of the molecule is CCN(Cc1ccc2c(c1)OCO2)c1nc(C(F)F)nc2ccccc12. The molecule has 0 fully saturated rings. The maximum atomic E-state index is 13.2. The Morgan fingerprint density at radius 3 is 2.69 bits per heavy atom. The second-order valence-electron chi connectivity index (χ2n) is 5.93. The van der Waals surface area contributed by atoms with Gasteiger partial charge < -0.3 is 14.4 Å².